The fourth-order valence-electron chi connectivity index (χ4n) is 2.17. The van der Waals surface area contributed by atoms with Crippen molar-refractivity contribution in [2.45, 2.75) is 12.3 Å². The Morgan fingerprint density at radius 1 is 1.25 bits per heavy atom. The van der Waals surface area contributed by atoms with E-state index in [0.29, 0.717) is 31.3 Å². The van der Waals surface area contributed by atoms with Crippen LogP contribution in [0.1, 0.15) is 6.92 Å². The molecule has 6 nitrogen and oxygen atoms in total. The molecule has 0 aliphatic carbocycles. The molecule has 1 aromatic rings. The van der Waals surface area contributed by atoms with Crippen LogP contribution >= 0.6 is 23.4 Å². The van der Waals surface area contributed by atoms with Gasteiger partial charge < -0.3 is 19.1 Å². The minimum Gasteiger partial charge on any atom is -0.491 e. The number of hydrogen-bond donors (Lipinski definition) is 0. The first-order valence-corrected chi connectivity index (χ1v) is 9.20. The molecule has 1 fully saturated rings. The first kappa shape index (κ1) is 18.7. The van der Waals surface area contributed by atoms with Crippen molar-refractivity contribution in [2.24, 2.45) is 0 Å². The molecule has 2 rings (SSSR count). The summed E-state index contributed by atoms with van der Waals surface area (Å²) in [4.78, 5) is 24.7. The van der Waals surface area contributed by atoms with Gasteiger partial charge in [0.25, 0.3) is 0 Å². The van der Waals surface area contributed by atoms with Crippen molar-refractivity contribution in [3.05, 3.63) is 24.3 Å². The average Bonchev–Trinajstić information content (AvgIpc) is 3.07. The summed E-state index contributed by atoms with van der Waals surface area (Å²) in [6.07, 6.45) is 0. The van der Waals surface area contributed by atoms with Crippen molar-refractivity contribution in [1.29, 1.82) is 0 Å². The van der Waals surface area contributed by atoms with E-state index in [-0.39, 0.29) is 23.8 Å². The second-order valence-electron chi connectivity index (χ2n) is 4.92. The highest BCUT2D eigenvalue weighted by Gasteiger charge is 2.29. The van der Waals surface area contributed by atoms with Crippen LogP contribution in [0.3, 0.4) is 0 Å². The van der Waals surface area contributed by atoms with E-state index in [1.807, 2.05) is 0 Å². The number of ether oxygens (including phenoxy) is 3. The molecule has 1 heterocycles. The average molecular weight is 374 g/mol. The third-order valence-electron chi connectivity index (χ3n) is 3.30. The molecule has 0 bridgehead atoms. The van der Waals surface area contributed by atoms with E-state index in [9.17, 15) is 9.59 Å². The molecule has 0 N–H and O–H groups in total. The lowest BCUT2D eigenvalue weighted by Crippen LogP contribution is -2.38. The molecule has 1 atom stereocenters. The van der Waals surface area contributed by atoms with Gasteiger partial charge in [-0.3, -0.25) is 4.79 Å². The summed E-state index contributed by atoms with van der Waals surface area (Å²) < 4.78 is 15.8. The molecular formula is C16H20ClNO5S. The van der Waals surface area contributed by atoms with Gasteiger partial charge in [-0.2, -0.15) is 0 Å². The normalized spacial score (nSPS) is 16.8. The van der Waals surface area contributed by atoms with Crippen LogP contribution in [-0.2, 0) is 14.3 Å². The van der Waals surface area contributed by atoms with Crippen molar-refractivity contribution < 1.29 is 23.8 Å². The monoisotopic (exact) mass is 373 g/mol. The Bertz CT molecular complexity index is 554. The molecule has 0 saturated carbocycles. The minimum atomic E-state index is -0.403. The van der Waals surface area contributed by atoms with Crippen LogP contribution in [0.25, 0.3) is 0 Å². The summed E-state index contributed by atoms with van der Waals surface area (Å²) in [5, 5.41) is -0.0176. The fraction of sp³-hybridized carbons (Fsp3) is 0.500. The van der Waals surface area contributed by atoms with E-state index in [1.54, 1.807) is 47.9 Å². The summed E-state index contributed by atoms with van der Waals surface area (Å²) in [7, 11) is 0. The van der Waals surface area contributed by atoms with E-state index in [0.717, 1.165) is 5.75 Å². The van der Waals surface area contributed by atoms with E-state index < -0.39 is 5.97 Å². The van der Waals surface area contributed by atoms with Crippen molar-refractivity contribution in [3.8, 4) is 11.5 Å². The Hall–Kier alpha value is -1.60. The topological polar surface area (TPSA) is 65.1 Å². The number of hydrogen-bond acceptors (Lipinski definition) is 6. The maximum Gasteiger partial charge on any atom is 0.344 e. The number of alkyl halides is 1. The molecule has 24 heavy (non-hydrogen) atoms. The number of halogens is 1. The predicted molar refractivity (Wildman–Crippen MR) is 92.7 cm³/mol. The van der Waals surface area contributed by atoms with Gasteiger partial charge in [0.15, 0.2) is 6.61 Å². The molecule has 1 unspecified atom stereocenters. The number of carbonyl (C=O) groups excluding carboxylic acids is 2. The van der Waals surface area contributed by atoms with Crippen LogP contribution in [0.5, 0.6) is 11.5 Å². The summed E-state index contributed by atoms with van der Waals surface area (Å²) in [5.41, 5.74) is 0. The van der Waals surface area contributed by atoms with Crippen molar-refractivity contribution in [3.63, 3.8) is 0 Å². The predicted octanol–water partition coefficient (Wildman–Crippen LogP) is 2.15. The minimum absolute atomic E-state index is 0.0104. The number of rotatable bonds is 8. The zero-order valence-electron chi connectivity index (χ0n) is 13.4. The van der Waals surface area contributed by atoms with Gasteiger partial charge in [-0.1, -0.05) is 0 Å². The summed E-state index contributed by atoms with van der Waals surface area (Å²) >= 11 is 7.29. The van der Waals surface area contributed by atoms with E-state index >= 15 is 0 Å². The first-order chi connectivity index (χ1) is 11.6. The Labute approximate surface area is 150 Å². The molecule has 8 heteroatoms. The second kappa shape index (κ2) is 9.64. The first-order valence-electron chi connectivity index (χ1n) is 7.62. The van der Waals surface area contributed by atoms with Gasteiger partial charge in [-0.05, 0) is 31.2 Å². The molecule has 0 spiro atoms. The van der Waals surface area contributed by atoms with Gasteiger partial charge in [0.1, 0.15) is 29.4 Å². The lowest BCUT2D eigenvalue weighted by atomic mass is 10.3. The molecule has 0 radical (unpaired) electrons. The third-order valence-corrected chi connectivity index (χ3v) is 4.73. The lowest BCUT2D eigenvalue weighted by molar-refractivity contribution is -0.145. The maximum absolute atomic E-state index is 11.7. The van der Waals surface area contributed by atoms with E-state index in [2.05, 4.69) is 0 Å². The van der Waals surface area contributed by atoms with Crippen molar-refractivity contribution in [2.75, 3.05) is 38.0 Å². The number of amides is 1. The molecule has 0 aromatic heterocycles. The second-order valence-corrected chi connectivity index (χ2v) is 6.48. The third kappa shape index (κ3) is 5.49. The zero-order valence-corrected chi connectivity index (χ0v) is 15.0. The Morgan fingerprint density at radius 3 is 2.54 bits per heavy atom. The van der Waals surface area contributed by atoms with Crippen molar-refractivity contribution >= 4 is 35.2 Å². The number of esters is 1. The number of thioether (sulfide) groups is 1. The van der Waals surface area contributed by atoms with Crippen LogP contribution in [0.15, 0.2) is 24.3 Å². The van der Waals surface area contributed by atoms with E-state index in [4.69, 9.17) is 25.8 Å². The maximum atomic E-state index is 11.7. The van der Waals surface area contributed by atoms with Crippen molar-refractivity contribution in [1.82, 2.24) is 4.90 Å². The molecule has 132 valence electrons. The fourth-order valence-corrected chi connectivity index (χ4v) is 3.46. The van der Waals surface area contributed by atoms with Gasteiger partial charge >= 0.3 is 5.97 Å². The summed E-state index contributed by atoms with van der Waals surface area (Å²) in [6.45, 7) is 3.05. The van der Waals surface area contributed by atoms with Gasteiger partial charge in [0, 0.05) is 12.3 Å². The highest BCUT2D eigenvalue weighted by Crippen LogP contribution is 2.25. The van der Waals surface area contributed by atoms with Gasteiger partial charge in [-0.15, -0.1) is 23.4 Å². The molecule has 1 aromatic carbocycles. The number of nitrogens with zero attached hydrogens (tertiary/aromatic N) is 1. The van der Waals surface area contributed by atoms with Crippen LogP contribution in [0, 0.1) is 0 Å². The van der Waals surface area contributed by atoms with Crippen LogP contribution in [-0.4, -0.2) is 60.1 Å². The van der Waals surface area contributed by atoms with Crippen LogP contribution < -0.4 is 9.47 Å². The Kier molecular flexibility index (Phi) is 7.52. The Balaban J connectivity index is 1.79. The summed E-state index contributed by atoms with van der Waals surface area (Å²) in [6, 6.07) is 6.96. The molecule has 1 saturated heterocycles. The molecule has 1 aliphatic rings. The highest BCUT2D eigenvalue weighted by atomic mass is 35.5. The molecule has 1 amide bonds. The summed E-state index contributed by atoms with van der Waals surface area (Å²) in [5.74, 6) is 1.63. The smallest absolute Gasteiger partial charge is 0.344 e. The largest absolute Gasteiger partial charge is 0.491 e. The van der Waals surface area contributed by atoms with Gasteiger partial charge in [0.05, 0.1) is 6.61 Å². The standard InChI is InChI=1S/C16H20ClNO5S/c1-2-21-16(20)11-23-13-5-3-12(4-6-13)22-10-15-18(7-8-24-15)14(19)9-17/h3-6,15H,2,7-11H2,1H3. The Morgan fingerprint density at radius 2 is 1.92 bits per heavy atom. The lowest BCUT2D eigenvalue weighted by Gasteiger charge is -2.23. The SMILES string of the molecule is CCOC(=O)COc1ccc(OCC2SCCN2C(=O)CCl)cc1. The van der Waals surface area contributed by atoms with Crippen LogP contribution in [0.2, 0.25) is 0 Å². The number of benzene rings is 1. The molecular weight excluding hydrogens is 354 g/mol. The number of carbonyl (C=O) groups is 2. The van der Waals surface area contributed by atoms with Crippen LogP contribution in [0.4, 0.5) is 0 Å². The highest BCUT2D eigenvalue weighted by molar-refractivity contribution is 8.00. The quantitative estimate of drug-likeness (QED) is 0.514. The molecule has 1 aliphatic heterocycles. The zero-order chi connectivity index (χ0) is 17.4. The van der Waals surface area contributed by atoms with Gasteiger partial charge in [-0.25, -0.2) is 4.79 Å². The van der Waals surface area contributed by atoms with E-state index in [1.165, 1.54) is 0 Å². The van der Waals surface area contributed by atoms with Gasteiger partial charge in [0.2, 0.25) is 5.91 Å².